The number of hydrogen-bond acceptors (Lipinski definition) is 5. The minimum Gasteiger partial charge on any atom is -0.393 e. The molecule has 0 radical (unpaired) electrons. The number of carbonyl (C=O) groups excluding carboxylic acids is 1. The van der Waals surface area contributed by atoms with Crippen LogP contribution in [0.25, 0.3) is 34.4 Å². The van der Waals surface area contributed by atoms with Gasteiger partial charge in [0.2, 0.25) is 0 Å². The average molecular weight is 441 g/mol. The number of fused-ring (bicyclic) bond motifs is 1. The van der Waals surface area contributed by atoms with E-state index in [1.54, 1.807) is 17.2 Å². The first-order valence-corrected chi connectivity index (χ1v) is 10.9. The Labute approximate surface area is 189 Å². The van der Waals surface area contributed by atoms with E-state index in [0.29, 0.717) is 42.5 Å². The molecule has 1 aliphatic heterocycles. The summed E-state index contributed by atoms with van der Waals surface area (Å²) in [4.78, 5) is 40.7. The number of nitrogens with zero attached hydrogens (tertiary/aromatic N) is 3. The van der Waals surface area contributed by atoms with Gasteiger partial charge in [-0.2, -0.15) is 0 Å². The molecule has 1 fully saturated rings. The Kier molecular flexibility index (Phi) is 5.58. The van der Waals surface area contributed by atoms with E-state index in [1.165, 1.54) is 6.33 Å². The number of benzene rings is 1. The van der Waals surface area contributed by atoms with Crippen molar-refractivity contribution in [3.05, 3.63) is 82.2 Å². The van der Waals surface area contributed by atoms with Crippen molar-refractivity contribution in [3.8, 4) is 11.3 Å². The summed E-state index contributed by atoms with van der Waals surface area (Å²) in [5, 5.41) is 10.1. The molecule has 0 saturated carbocycles. The highest BCUT2D eigenvalue weighted by molar-refractivity contribution is 5.94. The Morgan fingerprint density at radius 1 is 1.06 bits per heavy atom. The van der Waals surface area contributed by atoms with Gasteiger partial charge in [0.25, 0.3) is 11.5 Å². The fourth-order valence-corrected chi connectivity index (χ4v) is 3.98. The minimum atomic E-state index is -0.302. The molecule has 3 aromatic heterocycles. The summed E-state index contributed by atoms with van der Waals surface area (Å²) in [7, 11) is 0. The fourth-order valence-electron chi connectivity index (χ4n) is 3.98. The predicted molar refractivity (Wildman–Crippen MR) is 126 cm³/mol. The van der Waals surface area contributed by atoms with E-state index in [0.717, 1.165) is 22.5 Å². The van der Waals surface area contributed by atoms with Crippen LogP contribution in [0.2, 0.25) is 0 Å². The third kappa shape index (κ3) is 4.47. The summed E-state index contributed by atoms with van der Waals surface area (Å²) < 4.78 is 0. The van der Waals surface area contributed by atoms with Crippen molar-refractivity contribution in [2.45, 2.75) is 18.9 Å². The van der Waals surface area contributed by atoms with Crippen molar-refractivity contribution >= 4 is 29.1 Å². The third-order valence-electron chi connectivity index (χ3n) is 5.88. The Balaban J connectivity index is 1.31. The number of carbonyl (C=O) groups is 1. The molecule has 8 heteroatoms. The number of likely N-dealkylation sites (tertiary alicyclic amines) is 1. The molecule has 1 saturated heterocycles. The molecule has 5 rings (SSSR count). The van der Waals surface area contributed by atoms with E-state index in [2.05, 4.69) is 19.9 Å². The van der Waals surface area contributed by atoms with Gasteiger partial charge in [-0.15, -0.1) is 0 Å². The molecule has 8 nitrogen and oxygen atoms in total. The second-order valence-corrected chi connectivity index (χ2v) is 8.13. The highest BCUT2D eigenvalue weighted by Gasteiger charge is 2.22. The van der Waals surface area contributed by atoms with Gasteiger partial charge in [0, 0.05) is 36.1 Å². The number of H-pyrrole nitrogens is 2. The first-order valence-electron chi connectivity index (χ1n) is 10.9. The topological polar surface area (TPSA) is 115 Å². The van der Waals surface area contributed by atoms with Gasteiger partial charge in [0.05, 0.1) is 23.5 Å². The monoisotopic (exact) mass is 441 g/mol. The lowest BCUT2D eigenvalue weighted by Gasteiger charge is -2.29. The van der Waals surface area contributed by atoms with E-state index in [-0.39, 0.29) is 17.6 Å². The third-order valence-corrected chi connectivity index (χ3v) is 5.88. The van der Waals surface area contributed by atoms with Crippen molar-refractivity contribution in [1.29, 1.82) is 0 Å². The Morgan fingerprint density at radius 2 is 1.85 bits per heavy atom. The second-order valence-electron chi connectivity index (χ2n) is 8.13. The predicted octanol–water partition coefficient (Wildman–Crippen LogP) is 3.08. The van der Waals surface area contributed by atoms with Crippen LogP contribution in [0, 0.1) is 0 Å². The minimum absolute atomic E-state index is 0.00143. The first kappa shape index (κ1) is 20.8. The number of nitrogens with one attached hydrogen (secondary N) is 2. The Bertz CT molecular complexity index is 1380. The van der Waals surface area contributed by atoms with Gasteiger partial charge in [-0.05, 0) is 54.8 Å². The normalized spacial score (nSPS) is 14.9. The second kappa shape index (κ2) is 8.84. The summed E-state index contributed by atoms with van der Waals surface area (Å²) >= 11 is 0. The van der Waals surface area contributed by atoms with Crippen LogP contribution in [0.3, 0.4) is 0 Å². The number of amides is 1. The van der Waals surface area contributed by atoms with Crippen LogP contribution in [0.4, 0.5) is 0 Å². The molecule has 1 aromatic carbocycles. The molecule has 33 heavy (non-hydrogen) atoms. The van der Waals surface area contributed by atoms with Crippen LogP contribution in [-0.2, 0) is 0 Å². The maximum Gasteiger partial charge on any atom is 0.260 e. The van der Waals surface area contributed by atoms with Crippen molar-refractivity contribution in [2.75, 3.05) is 13.1 Å². The molecule has 0 aliphatic carbocycles. The van der Waals surface area contributed by atoms with Gasteiger partial charge in [-0.25, -0.2) is 4.98 Å². The van der Waals surface area contributed by atoms with Crippen LogP contribution in [-0.4, -0.2) is 55.0 Å². The maximum absolute atomic E-state index is 12.6. The van der Waals surface area contributed by atoms with Gasteiger partial charge in [0.15, 0.2) is 0 Å². The number of hydrogen-bond donors (Lipinski definition) is 3. The lowest BCUT2D eigenvalue weighted by molar-refractivity contribution is 0.0546. The molecule has 4 heterocycles. The largest absolute Gasteiger partial charge is 0.393 e. The lowest BCUT2D eigenvalue weighted by Crippen LogP contribution is -2.40. The molecular weight excluding hydrogens is 418 g/mol. The Morgan fingerprint density at radius 3 is 2.61 bits per heavy atom. The van der Waals surface area contributed by atoms with Crippen LogP contribution in [0.5, 0.6) is 0 Å². The first-order chi connectivity index (χ1) is 16.1. The lowest BCUT2D eigenvalue weighted by atomic mass is 10.1. The van der Waals surface area contributed by atoms with Crippen LogP contribution in [0.15, 0.2) is 59.8 Å². The molecule has 3 N–H and O–H groups in total. The molecule has 0 spiro atoms. The Hall–Kier alpha value is -4.04. The quantitative estimate of drug-likeness (QED) is 0.450. The maximum atomic E-state index is 12.6. The zero-order valence-electron chi connectivity index (χ0n) is 17.9. The zero-order valence-corrected chi connectivity index (χ0v) is 17.9. The molecular formula is C25H23N5O3. The number of aromatic nitrogens is 4. The molecule has 1 aliphatic rings. The zero-order chi connectivity index (χ0) is 22.8. The number of aliphatic hydroxyl groups excluding tert-OH is 1. The number of rotatable bonds is 4. The SMILES string of the molecule is O=C(c1ccc(/C=C/c2cc(-c3cc4c(=O)[nH]cnc4[nH]3)ccn2)cc1)N1CCC(O)CC1. The molecule has 0 bridgehead atoms. The smallest absolute Gasteiger partial charge is 0.260 e. The number of pyridine rings is 1. The van der Waals surface area contributed by atoms with Gasteiger partial charge in [-0.3, -0.25) is 14.6 Å². The van der Waals surface area contributed by atoms with Gasteiger partial charge >= 0.3 is 0 Å². The van der Waals surface area contributed by atoms with Gasteiger partial charge < -0.3 is 20.0 Å². The van der Waals surface area contributed by atoms with E-state index in [4.69, 9.17) is 0 Å². The van der Waals surface area contributed by atoms with Gasteiger partial charge in [0.1, 0.15) is 5.65 Å². The van der Waals surface area contributed by atoms with E-state index < -0.39 is 0 Å². The summed E-state index contributed by atoms with van der Waals surface area (Å²) in [6.45, 7) is 1.18. The number of piperidine rings is 1. The molecule has 166 valence electrons. The molecule has 0 unspecified atom stereocenters. The summed E-state index contributed by atoms with van der Waals surface area (Å²) in [6, 6.07) is 13.0. The molecule has 0 atom stereocenters. The van der Waals surface area contributed by atoms with Crippen molar-refractivity contribution in [1.82, 2.24) is 24.8 Å². The van der Waals surface area contributed by atoms with E-state index in [1.807, 2.05) is 48.6 Å². The van der Waals surface area contributed by atoms with Crippen molar-refractivity contribution in [2.24, 2.45) is 0 Å². The number of aliphatic hydroxyl groups is 1. The summed E-state index contributed by atoms with van der Waals surface area (Å²) in [5.41, 5.74) is 4.41. The van der Waals surface area contributed by atoms with E-state index >= 15 is 0 Å². The highest BCUT2D eigenvalue weighted by atomic mass is 16.3. The standard InChI is InChI=1S/C25H23N5O3/c31-20-8-11-30(12-9-20)25(33)17-4-1-16(2-5-17)3-6-19-13-18(7-10-26-19)22-14-21-23(29-22)27-15-28-24(21)32/h1-7,10,13-15,20,31H,8-9,11-12H2,(H2,27,28,29,32)/b6-3+. The van der Waals surface area contributed by atoms with E-state index in [9.17, 15) is 14.7 Å². The van der Waals surface area contributed by atoms with Crippen molar-refractivity contribution in [3.63, 3.8) is 0 Å². The van der Waals surface area contributed by atoms with Crippen LogP contribution < -0.4 is 5.56 Å². The summed E-state index contributed by atoms with van der Waals surface area (Å²) in [5.74, 6) is -0.00143. The highest BCUT2D eigenvalue weighted by Crippen LogP contribution is 2.22. The fraction of sp³-hybridized carbons (Fsp3) is 0.200. The molecule has 1 amide bonds. The van der Waals surface area contributed by atoms with Crippen molar-refractivity contribution < 1.29 is 9.90 Å². The average Bonchev–Trinajstić information content (AvgIpc) is 3.29. The van der Waals surface area contributed by atoms with Crippen LogP contribution in [0.1, 0.15) is 34.5 Å². The van der Waals surface area contributed by atoms with Gasteiger partial charge in [-0.1, -0.05) is 18.2 Å². The summed E-state index contributed by atoms with van der Waals surface area (Å²) in [6.07, 6.45) is 7.89. The molecule has 4 aromatic rings. The number of aromatic amines is 2. The van der Waals surface area contributed by atoms with Crippen LogP contribution >= 0.6 is 0 Å².